The molecule has 6 heteroatoms. The third-order valence-corrected chi connectivity index (χ3v) is 3.97. The van der Waals surface area contributed by atoms with Gasteiger partial charge in [0.25, 0.3) is 0 Å². The third-order valence-electron chi connectivity index (χ3n) is 3.97. The number of carboxylic acid groups (broad SMARTS) is 1. The van der Waals surface area contributed by atoms with Gasteiger partial charge in [0.05, 0.1) is 7.11 Å². The molecule has 6 nitrogen and oxygen atoms in total. The number of piperazine rings is 1. The lowest BCUT2D eigenvalue weighted by Crippen LogP contribution is -2.53. The molecule has 116 valence electrons. The van der Waals surface area contributed by atoms with E-state index in [-0.39, 0.29) is 11.8 Å². The van der Waals surface area contributed by atoms with Crippen LogP contribution < -0.4 is 4.74 Å². The Labute approximate surface area is 124 Å². The van der Waals surface area contributed by atoms with E-state index < -0.39 is 12.0 Å². The van der Waals surface area contributed by atoms with Crippen molar-refractivity contribution in [2.75, 3.05) is 33.8 Å². The molecule has 2 rings (SSSR count). The zero-order valence-corrected chi connectivity index (χ0v) is 12.6. The zero-order valence-electron chi connectivity index (χ0n) is 12.6. The average Bonchev–Trinajstić information content (AvgIpc) is 2.43. The fourth-order valence-electron chi connectivity index (χ4n) is 2.88. The van der Waals surface area contributed by atoms with Crippen molar-refractivity contribution in [1.29, 1.82) is 0 Å². The number of methoxy groups -OCH3 is 1. The first-order valence-corrected chi connectivity index (χ1v) is 6.98. The molecule has 21 heavy (non-hydrogen) atoms. The van der Waals surface area contributed by atoms with Crippen LogP contribution in [-0.2, 0) is 4.79 Å². The summed E-state index contributed by atoms with van der Waals surface area (Å²) in [5.74, 6) is -0.587. The van der Waals surface area contributed by atoms with Gasteiger partial charge in [0, 0.05) is 25.7 Å². The minimum atomic E-state index is -0.890. The van der Waals surface area contributed by atoms with Gasteiger partial charge in [0.2, 0.25) is 0 Å². The van der Waals surface area contributed by atoms with Gasteiger partial charge in [-0.05, 0) is 31.7 Å². The molecule has 1 aromatic rings. The smallest absolute Gasteiger partial charge is 0.325 e. The predicted octanol–water partition coefficient (Wildman–Crippen LogP) is 1.16. The van der Waals surface area contributed by atoms with Gasteiger partial charge in [-0.1, -0.05) is 6.07 Å². The number of aliphatic carboxylic acids is 1. The Balaban J connectivity index is 2.33. The van der Waals surface area contributed by atoms with Crippen molar-refractivity contribution in [2.45, 2.75) is 19.0 Å². The molecule has 1 fully saturated rings. The number of carboxylic acids is 1. The first kappa shape index (κ1) is 15.6. The van der Waals surface area contributed by atoms with Gasteiger partial charge >= 0.3 is 5.97 Å². The van der Waals surface area contributed by atoms with E-state index in [0.717, 1.165) is 13.1 Å². The molecule has 2 N–H and O–H groups in total. The van der Waals surface area contributed by atoms with Crippen LogP contribution in [0.15, 0.2) is 18.2 Å². The molecule has 1 saturated heterocycles. The highest BCUT2D eigenvalue weighted by atomic mass is 16.5. The zero-order chi connectivity index (χ0) is 15.6. The van der Waals surface area contributed by atoms with Crippen LogP contribution in [0, 0.1) is 0 Å². The van der Waals surface area contributed by atoms with Crippen molar-refractivity contribution >= 4 is 5.97 Å². The van der Waals surface area contributed by atoms with Gasteiger partial charge < -0.3 is 19.8 Å². The molecule has 0 saturated carbocycles. The number of carbonyl (C=O) groups is 1. The van der Waals surface area contributed by atoms with Crippen molar-refractivity contribution in [3.63, 3.8) is 0 Å². The molecule has 1 aliphatic rings. The summed E-state index contributed by atoms with van der Waals surface area (Å²) in [7, 11) is 3.49. The van der Waals surface area contributed by atoms with Crippen molar-refractivity contribution < 1.29 is 19.7 Å². The van der Waals surface area contributed by atoms with Crippen LogP contribution in [-0.4, -0.2) is 65.8 Å². The number of likely N-dealkylation sites (N-methyl/N-ethyl adjacent to an activating group) is 1. The lowest BCUT2D eigenvalue weighted by molar-refractivity contribution is -0.145. The van der Waals surface area contributed by atoms with Gasteiger partial charge in [-0.2, -0.15) is 0 Å². The second-order valence-electron chi connectivity index (χ2n) is 5.52. The molecule has 0 aliphatic carbocycles. The Morgan fingerprint density at radius 1 is 1.43 bits per heavy atom. The number of nitrogens with zero attached hydrogens (tertiary/aromatic N) is 2. The van der Waals surface area contributed by atoms with Crippen LogP contribution in [0.25, 0.3) is 0 Å². The summed E-state index contributed by atoms with van der Waals surface area (Å²) in [6.07, 6.45) is 0. The maximum atomic E-state index is 11.8. The van der Waals surface area contributed by atoms with Crippen molar-refractivity contribution in [2.24, 2.45) is 0 Å². The SMILES string of the molecule is COc1cc(C(C(=O)O)N2CCN(C)CC2C)ccc1O. The van der Waals surface area contributed by atoms with Crippen LogP contribution in [0.4, 0.5) is 0 Å². The quantitative estimate of drug-likeness (QED) is 0.868. The summed E-state index contributed by atoms with van der Waals surface area (Å²) in [6, 6.07) is 4.12. The molecule has 2 unspecified atom stereocenters. The van der Waals surface area contributed by atoms with Crippen molar-refractivity contribution in [3.8, 4) is 11.5 Å². The van der Waals surface area contributed by atoms with Gasteiger partial charge in [-0.25, -0.2) is 0 Å². The number of benzene rings is 1. The second-order valence-corrected chi connectivity index (χ2v) is 5.52. The fourth-order valence-corrected chi connectivity index (χ4v) is 2.88. The minimum absolute atomic E-state index is 0.0109. The highest BCUT2D eigenvalue weighted by Crippen LogP contribution is 2.32. The van der Waals surface area contributed by atoms with Crippen LogP contribution in [0.5, 0.6) is 11.5 Å². The molecule has 0 aromatic heterocycles. The maximum absolute atomic E-state index is 11.8. The van der Waals surface area contributed by atoms with Gasteiger partial charge in [0.15, 0.2) is 11.5 Å². The van der Waals surface area contributed by atoms with Crippen LogP contribution in [0.1, 0.15) is 18.5 Å². The Bertz CT molecular complexity index is 520. The van der Waals surface area contributed by atoms with Gasteiger partial charge in [-0.3, -0.25) is 9.69 Å². The fraction of sp³-hybridized carbons (Fsp3) is 0.533. The number of hydrogen-bond acceptors (Lipinski definition) is 5. The average molecular weight is 294 g/mol. The minimum Gasteiger partial charge on any atom is -0.504 e. The Hall–Kier alpha value is -1.79. The molecular formula is C15H22N2O4. The second kappa shape index (κ2) is 6.32. The topological polar surface area (TPSA) is 73.2 Å². The molecule has 1 aliphatic heterocycles. The van der Waals surface area contributed by atoms with E-state index in [9.17, 15) is 15.0 Å². The molecular weight excluding hydrogens is 272 g/mol. The van der Waals surface area contributed by atoms with E-state index in [2.05, 4.69) is 4.90 Å². The molecule has 0 radical (unpaired) electrons. The van der Waals surface area contributed by atoms with E-state index in [1.807, 2.05) is 18.9 Å². The normalized spacial score (nSPS) is 22.0. The molecule has 0 spiro atoms. The lowest BCUT2D eigenvalue weighted by atomic mass is 10.0. The lowest BCUT2D eigenvalue weighted by Gasteiger charge is -2.41. The first-order valence-electron chi connectivity index (χ1n) is 6.98. The largest absolute Gasteiger partial charge is 0.504 e. The number of phenolic OH excluding ortho intramolecular Hbond substituents is 1. The van der Waals surface area contributed by atoms with E-state index in [4.69, 9.17) is 4.74 Å². The summed E-state index contributed by atoms with van der Waals surface area (Å²) in [6.45, 7) is 4.39. The van der Waals surface area contributed by atoms with E-state index in [1.165, 1.54) is 13.2 Å². The van der Waals surface area contributed by atoms with E-state index >= 15 is 0 Å². The van der Waals surface area contributed by atoms with Crippen LogP contribution in [0.3, 0.4) is 0 Å². The first-order chi connectivity index (χ1) is 9.93. The predicted molar refractivity (Wildman–Crippen MR) is 78.7 cm³/mol. The molecule has 1 heterocycles. The number of rotatable bonds is 4. The summed E-state index contributed by atoms with van der Waals surface area (Å²) in [4.78, 5) is 15.9. The number of ether oxygens (including phenoxy) is 1. The third kappa shape index (κ3) is 3.28. The number of phenols is 1. The molecule has 1 aromatic carbocycles. The van der Waals surface area contributed by atoms with Crippen molar-refractivity contribution in [3.05, 3.63) is 23.8 Å². The Morgan fingerprint density at radius 2 is 2.14 bits per heavy atom. The van der Waals surface area contributed by atoms with Crippen LogP contribution in [0.2, 0.25) is 0 Å². The van der Waals surface area contributed by atoms with Gasteiger partial charge in [-0.15, -0.1) is 0 Å². The standard InChI is InChI=1S/C15H22N2O4/c1-10-9-16(2)6-7-17(10)14(15(19)20)11-4-5-12(18)13(8-11)21-3/h4-5,8,10,14,18H,6-7,9H2,1-3H3,(H,19,20). The van der Waals surface area contributed by atoms with Gasteiger partial charge in [0.1, 0.15) is 6.04 Å². The maximum Gasteiger partial charge on any atom is 0.325 e. The van der Waals surface area contributed by atoms with Crippen LogP contribution >= 0.6 is 0 Å². The summed E-state index contributed by atoms with van der Waals surface area (Å²) >= 11 is 0. The highest BCUT2D eigenvalue weighted by molar-refractivity contribution is 5.76. The number of aromatic hydroxyl groups is 1. The van der Waals surface area contributed by atoms with E-state index in [0.29, 0.717) is 17.9 Å². The van der Waals surface area contributed by atoms with Crippen molar-refractivity contribution in [1.82, 2.24) is 9.80 Å². The van der Waals surface area contributed by atoms with E-state index in [1.54, 1.807) is 12.1 Å². The summed E-state index contributed by atoms with van der Waals surface area (Å²) in [5, 5.41) is 19.3. The number of hydrogen-bond donors (Lipinski definition) is 2. The highest BCUT2D eigenvalue weighted by Gasteiger charge is 2.34. The molecule has 0 amide bonds. The summed E-state index contributed by atoms with van der Waals surface area (Å²) < 4.78 is 5.08. The Kier molecular flexibility index (Phi) is 4.69. The monoisotopic (exact) mass is 294 g/mol. The molecule has 0 bridgehead atoms. The Morgan fingerprint density at radius 3 is 2.71 bits per heavy atom. The summed E-state index contributed by atoms with van der Waals surface area (Å²) in [5.41, 5.74) is 0.619. The molecule has 2 atom stereocenters.